The fraction of sp³-hybridized carbons (Fsp3) is 0.536. The average molecular weight is 968 g/mol. The molecule has 71 heavy (non-hydrogen) atoms. The van der Waals surface area contributed by atoms with Crippen LogP contribution in [0, 0.1) is 24.2 Å². The van der Waals surface area contributed by atoms with Gasteiger partial charge in [-0.05, 0) is 173 Å². The molecule has 0 heterocycles. The molecule has 0 radical (unpaired) electrons. The zero-order valence-corrected chi connectivity index (χ0v) is 51.7. The van der Waals surface area contributed by atoms with Gasteiger partial charge in [0, 0.05) is 31.1 Å². The van der Waals surface area contributed by atoms with Crippen molar-refractivity contribution >= 4 is 18.0 Å². The molecule has 2 aliphatic carbocycles. The van der Waals surface area contributed by atoms with Gasteiger partial charge < -0.3 is 4.99 Å². The van der Waals surface area contributed by atoms with E-state index in [1.165, 1.54) is 83.5 Å². The van der Waals surface area contributed by atoms with E-state index in [0.717, 1.165) is 12.1 Å². The smallest absolute Gasteiger partial charge is 0.0463 e. The lowest BCUT2D eigenvalue weighted by atomic mass is 9.73. The zero-order valence-electron chi connectivity index (χ0n) is 51.7. The normalized spacial score (nSPS) is 15.1. The minimum absolute atomic E-state index is 0.193. The van der Waals surface area contributed by atoms with Gasteiger partial charge in [-0.25, -0.2) is 0 Å². The van der Waals surface area contributed by atoms with Gasteiger partial charge >= 0.3 is 0 Å². The highest BCUT2D eigenvalue weighted by molar-refractivity contribution is 5.97. The second kappa shape index (κ2) is 31.1. The largest absolute Gasteiger partial charge is 0.300 e. The molecule has 3 aromatic carbocycles. The van der Waals surface area contributed by atoms with E-state index in [2.05, 4.69) is 254 Å². The first kappa shape index (κ1) is 68.5. The molecule has 2 nitrogen and oxygen atoms in total. The number of allylic oxidation sites excluding steroid dienone is 10. The van der Waals surface area contributed by atoms with Crippen LogP contribution in [0.25, 0.3) is 16.7 Å². The monoisotopic (exact) mass is 967 g/mol. The number of nitrogens with zero attached hydrogens (tertiary/aromatic N) is 2. The average Bonchev–Trinajstić information content (AvgIpc) is 3.60. The van der Waals surface area contributed by atoms with E-state index in [-0.39, 0.29) is 16.2 Å². The summed E-state index contributed by atoms with van der Waals surface area (Å²) < 4.78 is 0. The fourth-order valence-electron chi connectivity index (χ4n) is 8.37. The maximum absolute atomic E-state index is 4.35. The molecule has 0 bridgehead atoms. The molecule has 396 valence electrons. The van der Waals surface area contributed by atoms with Gasteiger partial charge in [0.15, 0.2) is 0 Å². The highest BCUT2D eigenvalue weighted by Gasteiger charge is 2.29. The fourth-order valence-corrected chi connectivity index (χ4v) is 8.37. The van der Waals surface area contributed by atoms with Gasteiger partial charge in [-0.15, -0.1) is 13.2 Å². The molecule has 0 aliphatic heterocycles. The Hall–Kier alpha value is -4.56. The highest BCUT2D eigenvalue weighted by Crippen LogP contribution is 2.47. The highest BCUT2D eigenvalue weighted by atomic mass is 14.7. The minimum Gasteiger partial charge on any atom is -0.300 e. The van der Waals surface area contributed by atoms with Gasteiger partial charge in [0.2, 0.25) is 0 Å². The van der Waals surface area contributed by atoms with Crippen LogP contribution in [-0.4, -0.2) is 26.0 Å². The van der Waals surface area contributed by atoms with Gasteiger partial charge in [-0.2, -0.15) is 0 Å². The molecule has 2 atom stereocenters. The van der Waals surface area contributed by atoms with Crippen LogP contribution in [0.3, 0.4) is 0 Å². The summed E-state index contributed by atoms with van der Waals surface area (Å²) in [6.07, 6.45) is 10.5. The Morgan fingerprint density at radius 1 is 0.648 bits per heavy atom. The second-order valence-corrected chi connectivity index (χ2v) is 23.1. The van der Waals surface area contributed by atoms with Crippen LogP contribution in [0.15, 0.2) is 130 Å². The first-order chi connectivity index (χ1) is 32.9. The zero-order chi connectivity index (χ0) is 56.0. The summed E-state index contributed by atoms with van der Waals surface area (Å²) in [6.45, 7) is 69.6. The van der Waals surface area contributed by atoms with Crippen LogP contribution in [0.2, 0.25) is 0 Å². The lowest BCUT2D eigenvalue weighted by Gasteiger charge is -2.32. The van der Waals surface area contributed by atoms with Crippen molar-refractivity contribution in [1.29, 1.82) is 0 Å². The molecule has 2 heteroatoms. The van der Waals surface area contributed by atoms with Crippen molar-refractivity contribution in [3.8, 4) is 11.1 Å². The molecule has 0 N–H and O–H groups in total. The maximum Gasteiger partial charge on any atom is 0.0463 e. The van der Waals surface area contributed by atoms with Gasteiger partial charge in [0.25, 0.3) is 0 Å². The molecule has 3 aromatic rings. The Labute approximate surface area is 442 Å². The van der Waals surface area contributed by atoms with Crippen molar-refractivity contribution in [3.05, 3.63) is 159 Å². The number of rotatable bonds is 7. The van der Waals surface area contributed by atoms with E-state index in [1.807, 2.05) is 48.6 Å². The van der Waals surface area contributed by atoms with Crippen molar-refractivity contribution in [1.82, 2.24) is 0 Å². The van der Waals surface area contributed by atoms with Crippen molar-refractivity contribution in [2.45, 2.75) is 216 Å². The van der Waals surface area contributed by atoms with Gasteiger partial charge in [-0.1, -0.05) is 217 Å². The summed E-state index contributed by atoms with van der Waals surface area (Å²) >= 11 is 0. The number of hydrogen-bond donors (Lipinski definition) is 0. The summed E-state index contributed by atoms with van der Waals surface area (Å²) in [4.78, 5) is 8.29. The Bertz CT molecular complexity index is 2230. The number of benzene rings is 3. The van der Waals surface area contributed by atoms with E-state index in [1.54, 1.807) is 0 Å². The number of aryl methyl sites for hydroxylation is 1. The standard InChI is InChI=1S/C22H28.C22H32.C17H28N2.3C2H6.C2H4/c1-14-17-10-8-15(21(2,3)4)12-19(17)20-13-16(22(5,6)7)9-11-18(14)20;1-15-9-11-17(21(3,4)5)13-19(15)20-14-18(22(6,7)8)12-10-16(20)2;1-12(2)16(6)14(4)9-13(3)10-17(19-8)15(5)11-18-7;4*1-2/h8-14H,1-7H3;9-11,13-14,18H,12H2,1-8H3;9-10,15H,7,11H2,1-6,8H3;3*1-2H3;1-2H2/b;;13-10-,14-9+,19-17?;;;;. The summed E-state index contributed by atoms with van der Waals surface area (Å²) in [5.74, 6) is 1.44. The summed E-state index contributed by atoms with van der Waals surface area (Å²) in [5.41, 5.74) is 23.0. The Morgan fingerprint density at radius 2 is 1.06 bits per heavy atom. The lowest BCUT2D eigenvalue weighted by molar-refractivity contribution is 0.294. The lowest BCUT2D eigenvalue weighted by Crippen LogP contribution is -2.20. The molecule has 2 aliphatic rings. The number of fused-ring (bicyclic) bond motifs is 3. The molecule has 0 amide bonds. The van der Waals surface area contributed by atoms with E-state index in [9.17, 15) is 0 Å². The van der Waals surface area contributed by atoms with E-state index in [4.69, 9.17) is 0 Å². The van der Waals surface area contributed by atoms with Crippen molar-refractivity contribution < 1.29 is 0 Å². The van der Waals surface area contributed by atoms with Crippen LogP contribution >= 0.6 is 0 Å². The number of hydrogen-bond acceptors (Lipinski definition) is 2. The van der Waals surface area contributed by atoms with Gasteiger partial charge in [0.05, 0.1) is 0 Å². The molecule has 0 saturated heterocycles. The first-order valence-electron chi connectivity index (χ1n) is 27.1. The quantitative estimate of drug-likeness (QED) is 0.128. The summed E-state index contributed by atoms with van der Waals surface area (Å²) in [6, 6.07) is 21.1. The topological polar surface area (TPSA) is 24.7 Å². The third kappa shape index (κ3) is 20.8. The summed E-state index contributed by atoms with van der Waals surface area (Å²) in [7, 11) is 1.83. The van der Waals surface area contributed by atoms with Crippen LogP contribution < -0.4 is 0 Å². The molecule has 2 unspecified atom stereocenters. The minimum atomic E-state index is 0.193. The van der Waals surface area contributed by atoms with Crippen molar-refractivity contribution in [2.24, 2.45) is 27.2 Å². The second-order valence-electron chi connectivity index (χ2n) is 23.1. The van der Waals surface area contributed by atoms with Crippen molar-refractivity contribution in [3.63, 3.8) is 0 Å². The van der Waals surface area contributed by atoms with Crippen LogP contribution in [0.4, 0.5) is 0 Å². The Morgan fingerprint density at radius 3 is 1.42 bits per heavy atom. The Kier molecular flexibility index (Phi) is 30.0. The van der Waals surface area contributed by atoms with Crippen molar-refractivity contribution in [2.75, 3.05) is 13.6 Å². The summed E-state index contributed by atoms with van der Waals surface area (Å²) in [5, 5.41) is 0. The predicted octanol–water partition coefficient (Wildman–Crippen LogP) is 21.6. The van der Waals surface area contributed by atoms with Crippen LogP contribution in [-0.2, 0) is 16.2 Å². The third-order valence-corrected chi connectivity index (χ3v) is 13.4. The predicted molar refractivity (Wildman–Crippen MR) is 330 cm³/mol. The molecule has 0 spiro atoms. The number of aliphatic imine (C=N–C) groups is 2. The first-order valence-corrected chi connectivity index (χ1v) is 27.1. The van der Waals surface area contributed by atoms with E-state index in [0.29, 0.717) is 29.7 Å². The van der Waals surface area contributed by atoms with Crippen LogP contribution in [0.1, 0.15) is 231 Å². The molecule has 0 saturated carbocycles. The molecule has 0 aromatic heterocycles. The molecular formula is C69H110N2. The van der Waals surface area contributed by atoms with Gasteiger partial charge in [0.1, 0.15) is 0 Å². The molecule has 0 fully saturated rings. The van der Waals surface area contributed by atoms with E-state index >= 15 is 0 Å². The van der Waals surface area contributed by atoms with Crippen LogP contribution in [0.5, 0.6) is 0 Å². The van der Waals surface area contributed by atoms with Gasteiger partial charge in [-0.3, -0.25) is 4.99 Å². The van der Waals surface area contributed by atoms with E-state index < -0.39 is 0 Å². The SMILES string of the molecule is C=C.C=NCC(C)C(/C=C(C)\C=C(/C)C(C)=C(C)C)=NC.CC.CC.CC.CC1=CCC(C(C)(C)C)C=C1c1cc(C(C)(C)C)ccc1C.CC1c2ccc(C(C)(C)C)cc2-c2cc(C(C)(C)C)ccc21. The molecule has 5 rings (SSSR count). The Balaban J connectivity index is 0. The third-order valence-electron chi connectivity index (χ3n) is 13.4. The molecular weight excluding hydrogens is 857 g/mol. The maximum atomic E-state index is 4.35.